The SMILES string of the molecule is C=CCOCC(O)CN1CCC(c2cc(-c3ccncc3)c(-c3ccc(F)cc3)[nH]2)CC1. The summed E-state index contributed by atoms with van der Waals surface area (Å²) in [4.78, 5) is 10.1. The van der Waals surface area contributed by atoms with E-state index in [0.717, 1.165) is 48.3 Å². The van der Waals surface area contributed by atoms with Gasteiger partial charge in [-0.05, 0) is 79.5 Å². The van der Waals surface area contributed by atoms with Crippen LogP contribution in [0.3, 0.4) is 0 Å². The quantitative estimate of drug-likeness (QED) is 0.380. The van der Waals surface area contributed by atoms with Crippen molar-refractivity contribution in [3.63, 3.8) is 0 Å². The van der Waals surface area contributed by atoms with Gasteiger partial charge < -0.3 is 19.7 Å². The molecular weight excluding hydrogens is 405 g/mol. The normalized spacial score (nSPS) is 16.2. The average Bonchev–Trinajstić information content (AvgIpc) is 3.26. The Hall–Kier alpha value is -2.80. The lowest BCUT2D eigenvalue weighted by Gasteiger charge is -2.32. The van der Waals surface area contributed by atoms with Gasteiger partial charge in [0.25, 0.3) is 0 Å². The summed E-state index contributed by atoms with van der Waals surface area (Å²) < 4.78 is 18.8. The molecule has 1 fully saturated rings. The number of aliphatic hydroxyl groups excluding tert-OH is 1. The van der Waals surface area contributed by atoms with Crippen molar-refractivity contribution in [2.75, 3.05) is 32.8 Å². The fourth-order valence-electron chi connectivity index (χ4n) is 4.36. The molecule has 5 nitrogen and oxygen atoms in total. The minimum absolute atomic E-state index is 0.240. The van der Waals surface area contributed by atoms with Crippen molar-refractivity contribution in [1.82, 2.24) is 14.9 Å². The van der Waals surface area contributed by atoms with Crippen molar-refractivity contribution in [2.24, 2.45) is 0 Å². The van der Waals surface area contributed by atoms with Gasteiger partial charge in [-0.2, -0.15) is 0 Å². The van der Waals surface area contributed by atoms with Gasteiger partial charge in [-0.3, -0.25) is 4.98 Å². The van der Waals surface area contributed by atoms with E-state index in [1.807, 2.05) is 24.3 Å². The predicted molar refractivity (Wildman–Crippen MR) is 125 cm³/mol. The number of likely N-dealkylation sites (tertiary alicyclic amines) is 1. The number of H-pyrrole nitrogens is 1. The molecule has 0 bridgehead atoms. The van der Waals surface area contributed by atoms with Crippen LogP contribution in [0.2, 0.25) is 0 Å². The largest absolute Gasteiger partial charge is 0.389 e. The minimum Gasteiger partial charge on any atom is -0.389 e. The van der Waals surface area contributed by atoms with Gasteiger partial charge in [-0.1, -0.05) is 6.08 Å². The summed E-state index contributed by atoms with van der Waals surface area (Å²) in [6, 6.07) is 12.8. The maximum atomic E-state index is 13.5. The van der Waals surface area contributed by atoms with Crippen molar-refractivity contribution >= 4 is 0 Å². The molecule has 1 atom stereocenters. The van der Waals surface area contributed by atoms with Gasteiger partial charge in [0.1, 0.15) is 5.82 Å². The molecule has 3 heterocycles. The first-order chi connectivity index (χ1) is 15.6. The highest BCUT2D eigenvalue weighted by atomic mass is 19.1. The van der Waals surface area contributed by atoms with Crippen LogP contribution in [0.25, 0.3) is 22.4 Å². The van der Waals surface area contributed by atoms with E-state index in [1.165, 1.54) is 17.8 Å². The number of hydrogen-bond donors (Lipinski definition) is 2. The molecule has 4 rings (SSSR count). The highest BCUT2D eigenvalue weighted by Crippen LogP contribution is 2.37. The second-order valence-corrected chi connectivity index (χ2v) is 8.31. The van der Waals surface area contributed by atoms with E-state index in [-0.39, 0.29) is 5.82 Å². The zero-order valence-electron chi connectivity index (χ0n) is 18.2. The van der Waals surface area contributed by atoms with E-state index < -0.39 is 6.10 Å². The predicted octanol–water partition coefficient (Wildman–Crippen LogP) is 4.63. The van der Waals surface area contributed by atoms with Crippen LogP contribution in [-0.4, -0.2) is 58.9 Å². The molecule has 32 heavy (non-hydrogen) atoms. The van der Waals surface area contributed by atoms with Crippen LogP contribution in [0.15, 0.2) is 67.5 Å². The fourth-order valence-corrected chi connectivity index (χ4v) is 4.36. The molecule has 2 N–H and O–H groups in total. The second kappa shape index (κ2) is 10.7. The number of halogens is 1. The highest BCUT2D eigenvalue weighted by molar-refractivity contribution is 5.82. The topological polar surface area (TPSA) is 61.4 Å². The fraction of sp³-hybridized carbons (Fsp3) is 0.346. The molecule has 168 valence electrons. The van der Waals surface area contributed by atoms with Crippen LogP contribution < -0.4 is 0 Å². The van der Waals surface area contributed by atoms with Gasteiger partial charge in [0, 0.05) is 36.1 Å². The zero-order chi connectivity index (χ0) is 22.3. The van der Waals surface area contributed by atoms with Gasteiger partial charge in [0.15, 0.2) is 0 Å². The standard InChI is InChI=1S/C26H30FN3O2/c1-2-15-32-18-23(31)17-30-13-9-20(10-14-30)25-16-24(19-7-11-28-12-8-19)26(29-25)21-3-5-22(27)6-4-21/h2-8,11-12,16,20,23,29,31H,1,9-10,13-15,17-18H2. The molecule has 2 aromatic heterocycles. The monoisotopic (exact) mass is 435 g/mol. The zero-order valence-corrected chi connectivity index (χ0v) is 18.2. The third-order valence-electron chi connectivity index (χ3n) is 6.01. The molecule has 1 aliphatic rings. The molecule has 0 aliphatic carbocycles. The molecule has 0 amide bonds. The smallest absolute Gasteiger partial charge is 0.123 e. The number of piperidine rings is 1. The Balaban J connectivity index is 1.47. The second-order valence-electron chi connectivity index (χ2n) is 8.31. The molecule has 1 saturated heterocycles. The van der Waals surface area contributed by atoms with Crippen LogP contribution in [0.1, 0.15) is 24.5 Å². The molecule has 0 saturated carbocycles. The van der Waals surface area contributed by atoms with E-state index in [9.17, 15) is 9.50 Å². The number of rotatable bonds is 9. The number of aromatic nitrogens is 2. The molecule has 6 heteroatoms. The summed E-state index contributed by atoms with van der Waals surface area (Å²) in [6.07, 6.45) is 6.81. The van der Waals surface area contributed by atoms with Crippen molar-refractivity contribution in [1.29, 1.82) is 0 Å². The first-order valence-electron chi connectivity index (χ1n) is 11.1. The molecule has 1 aliphatic heterocycles. The van der Waals surface area contributed by atoms with E-state index in [0.29, 0.717) is 25.7 Å². The van der Waals surface area contributed by atoms with Crippen LogP contribution >= 0.6 is 0 Å². The van der Waals surface area contributed by atoms with Crippen molar-refractivity contribution in [2.45, 2.75) is 24.9 Å². The lowest BCUT2D eigenvalue weighted by molar-refractivity contribution is 0.0214. The van der Waals surface area contributed by atoms with Crippen molar-refractivity contribution in [3.8, 4) is 22.4 Å². The van der Waals surface area contributed by atoms with Crippen molar-refractivity contribution < 1.29 is 14.2 Å². The Kier molecular flexibility index (Phi) is 7.47. The molecule has 1 aromatic carbocycles. The third-order valence-corrected chi connectivity index (χ3v) is 6.01. The third kappa shape index (κ3) is 5.51. The van der Waals surface area contributed by atoms with Gasteiger partial charge in [-0.15, -0.1) is 6.58 Å². The maximum Gasteiger partial charge on any atom is 0.123 e. The summed E-state index contributed by atoms with van der Waals surface area (Å²) in [5.41, 5.74) is 5.35. The summed E-state index contributed by atoms with van der Waals surface area (Å²) in [6.45, 7) is 6.89. The van der Waals surface area contributed by atoms with E-state index in [1.54, 1.807) is 18.5 Å². The number of nitrogens with one attached hydrogen (secondary N) is 1. The molecule has 1 unspecified atom stereocenters. The number of pyridine rings is 1. The Morgan fingerprint density at radius 2 is 1.88 bits per heavy atom. The van der Waals surface area contributed by atoms with E-state index in [4.69, 9.17) is 4.74 Å². The molecule has 3 aromatic rings. The van der Waals surface area contributed by atoms with Gasteiger partial charge in [0.05, 0.1) is 25.0 Å². The highest BCUT2D eigenvalue weighted by Gasteiger charge is 2.25. The van der Waals surface area contributed by atoms with Crippen LogP contribution in [0.4, 0.5) is 4.39 Å². The van der Waals surface area contributed by atoms with Crippen molar-refractivity contribution in [3.05, 3.63) is 79.0 Å². The van der Waals surface area contributed by atoms with Gasteiger partial charge in [0.2, 0.25) is 0 Å². The maximum absolute atomic E-state index is 13.5. The summed E-state index contributed by atoms with van der Waals surface area (Å²) in [7, 11) is 0. The Labute approximate surface area is 188 Å². The molecular formula is C26H30FN3O2. The summed E-state index contributed by atoms with van der Waals surface area (Å²) >= 11 is 0. The number of benzene rings is 1. The number of aromatic amines is 1. The number of ether oxygens (including phenoxy) is 1. The molecule has 0 spiro atoms. The Morgan fingerprint density at radius 1 is 1.16 bits per heavy atom. The Morgan fingerprint density at radius 3 is 2.56 bits per heavy atom. The number of aliphatic hydroxyl groups is 1. The minimum atomic E-state index is -0.486. The first-order valence-corrected chi connectivity index (χ1v) is 11.1. The van der Waals surface area contributed by atoms with E-state index >= 15 is 0 Å². The lowest BCUT2D eigenvalue weighted by Crippen LogP contribution is -2.39. The van der Waals surface area contributed by atoms with Gasteiger partial charge >= 0.3 is 0 Å². The average molecular weight is 436 g/mol. The van der Waals surface area contributed by atoms with Crippen LogP contribution in [0, 0.1) is 5.82 Å². The Bertz CT molecular complexity index is 996. The van der Waals surface area contributed by atoms with Crippen LogP contribution in [-0.2, 0) is 4.74 Å². The summed E-state index contributed by atoms with van der Waals surface area (Å²) in [5.74, 6) is 0.172. The van der Waals surface area contributed by atoms with E-state index in [2.05, 4.69) is 27.5 Å². The van der Waals surface area contributed by atoms with Gasteiger partial charge in [-0.25, -0.2) is 4.39 Å². The van der Waals surface area contributed by atoms with Crippen LogP contribution in [0.5, 0.6) is 0 Å². The number of hydrogen-bond acceptors (Lipinski definition) is 4. The number of β-amino-alcohol motifs (C(OH)–C–C–N with tert-alkyl or cyclic N) is 1. The number of nitrogens with zero attached hydrogens (tertiary/aromatic N) is 2. The molecule has 0 radical (unpaired) electrons. The summed E-state index contributed by atoms with van der Waals surface area (Å²) in [5, 5.41) is 10.2. The lowest BCUT2D eigenvalue weighted by atomic mass is 9.93. The first kappa shape index (κ1) is 22.4.